The smallest absolute Gasteiger partial charge is 0.397 e. The number of primary amides is 1. The van der Waals surface area contributed by atoms with Crippen LogP contribution >= 0.6 is 11.3 Å². The lowest BCUT2D eigenvalue weighted by molar-refractivity contribution is -0.136. The second-order valence-corrected chi connectivity index (χ2v) is 10.8. The van der Waals surface area contributed by atoms with E-state index in [4.69, 9.17) is 16.2 Å². The van der Waals surface area contributed by atoms with E-state index in [0.29, 0.717) is 45.7 Å². The van der Waals surface area contributed by atoms with Crippen LogP contribution in [0.1, 0.15) is 39.7 Å². The number of carbonyl (C=O) groups excluding carboxylic acids is 1. The predicted octanol–water partition coefficient (Wildman–Crippen LogP) is 3.12. The minimum absolute atomic E-state index is 0.0362. The van der Waals surface area contributed by atoms with E-state index in [1.807, 2.05) is 24.3 Å². The Morgan fingerprint density at radius 1 is 1.15 bits per heavy atom. The van der Waals surface area contributed by atoms with Gasteiger partial charge in [-0.1, -0.05) is 12.1 Å². The standard InChI is InChI=1S/C26H31F3N6O3S/c27-26(28,29)18-13-20(33-25-21(18)22(30)23(39-25)24(31)37)35-7-5-16(6-8-35)32-14-19(36)15-1-3-17(4-2-15)34-9-11-38-12-10-34/h1-4,13,16,19,32,36H,5-12,14,30H2,(H2,31,37). The first-order chi connectivity index (χ1) is 18.6. The van der Waals surface area contributed by atoms with Crippen molar-refractivity contribution in [1.82, 2.24) is 10.3 Å². The molecule has 13 heteroatoms. The van der Waals surface area contributed by atoms with E-state index in [0.717, 1.165) is 41.7 Å². The summed E-state index contributed by atoms with van der Waals surface area (Å²) < 4.78 is 47.1. The summed E-state index contributed by atoms with van der Waals surface area (Å²) in [7, 11) is 0. The number of alkyl halides is 3. The fraction of sp³-hybridized carbons (Fsp3) is 0.462. The summed E-state index contributed by atoms with van der Waals surface area (Å²) in [6, 6.07) is 8.98. The number of aromatic nitrogens is 1. The van der Waals surface area contributed by atoms with Gasteiger partial charge in [-0.25, -0.2) is 4.98 Å². The van der Waals surface area contributed by atoms with Gasteiger partial charge in [-0.2, -0.15) is 13.2 Å². The average molecular weight is 565 g/mol. The first kappa shape index (κ1) is 27.4. The number of carbonyl (C=O) groups is 1. The van der Waals surface area contributed by atoms with Crippen LogP contribution in [0, 0.1) is 0 Å². The van der Waals surface area contributed by atoms with Crippen molar-refractivity contribution < 1.29 is 27.8 Å². The highest BCUT2D eigenvalue weighted by Gasteiger charge is 2.37. The largest absolute Gasteiger partial charge is 0.417 e. The predicted molar refractivity (Wildman–Crippen MR) is 145 cm³/mol. The molecule has 0 bridgehead atoms. The summed E-state index contributed by atoms with van der Waals surface area (Å²) in [5, 5.41) is 13.8. The number of hydrogen-bond acceptors (Lipinski definition) is 9. The topological polar surface area (TPSA) is 130 Å². The molecule has 0 aliphatic carbocycles. The molecule has 4 heterocycles. The molecule has 0 spiro atoms. The molecular weight excluding hydrogens is 533 g/mol. The number of fused-ring (bicyclic) bond motifs is 1. The van der Waals surface area contributed by atoms with Crippen LogP contribution in [0.25, 0.3) is 10.2 Å². The van der Waals surface area contributed by atoms with Crippen molar-refractivity contribution in [1.29, 1.82) is 0 Å². The first-order valence-corrected chi connectivity index (χ1v) is 13.6. The number of amides is 1. The molecule has 0 radical (unpaired) electrons. The molecule has 6 N–H and O–H groups in total. The van der Waals surface area contributed by atoms with E-state index in [1.54, 1.807) is 4.90 Å². The molecule has 3 aromatic rings. The third-order valence-electron chi connectivity index (χ3n) is 7.29. The van der Waals surface area contributed by atoms with Gasteiger partial charge in [0, 0.05) is 49.8 Å². The van der Waals surface area contributed by atoms with Crippen molar-refractivity contribution in [3.63, 3.8) is 0 Å². The minimum Gasteiger partial charge on any atom is -0.397 e. The summed E-state index contributed by atoms with van der Waals surface area (Å²) >= 11 is 0.773. The third kappa shape index (κ3) is 5.91. The molecule has 2 aromatic heterocycles. The summed E-state index contributed by atoms with van der Waals surface area (Å²) in [6.07, 6.45) is -4.01. The lowest BCUT2D eigenvalue weighted by Gasteiger charge is -2.34. The number of piperidine rings is 1. The first-order valence-electron chi connectivity index (χ1n) is 12.8. The van der Waals surface area contributed by atoms with Gasteiger partial charge in [0.05, 0.1) is 30.6 Å². The quantitative estimate of drug-likeness (QED) is 0.345. The Bertz CT molecular complexity index is 1320. The van der Waals surface area contributed by atoms with Crippen LogP contribution < -0.4 is 26.6 Å². The van der Waals surface area contributed by atoms with Crippen LogP contribution in [0.4, 0.5) is 30.4 Å². The fourth-order valence-electron chi connectivity index (χ4n) is 5.11. The van der Waals surface area contributed by atoms with Crippen molar-refractivity contribution in [2.24, 2.45) is 5.73 Å². The highest BCUT2D eigenvalue weighted by molar-refractivity contribution is 7.21. The van der Waals surface area contributed by atoms with Crippen LogP contribution in [0.3, 0.4) is 0 Å². The summed E-state index contributed by atoms with van der Waals surface area (Å²) in [6.45, 7) is 4.45. The Balaban J connectivity index is 1.20. The molecule has 210 valence electrons. The van der Waals surface area contributed by atoms with Crippen LogP contribution in [0.15, 0.2) is 30.3 Å². The molecule has 1 atom stereocenters. The van der Waals surface area contributed by atoms with Gasteiger partial charge in [-0.3, -0.25) is 4.79 Å². The van der Waals surface area contributed by atoms with Crippen molar-refractivity contribution in [2.75, 3.05) is 61.5 Å². The number of pyridine rings is 1. The van der Waals surface area contributed by atoms with Crippen LogP contribution in [-0.4, -0.2) is 68.0 Å². The number of nitrogens with one attached hydrogen (secondary N) is 1. The van der Waals surface area contributed by atoms with Crippen molar-refractivity contribution in [3.05, 3.63) is 46.3 Å². The second kappa shape index (κ2) is 11.2. The van der Waals surface area contributed by atoms with E-state index in [-0.39, 0.29) is 32.6 Å². The highest BCUT2D eigenvalue weighted by Crippen LogP contribution is 2.43. The van der Waals surface area contributed by atoms with Gasteiger partial charge in [-0.05, 0) is 36.6 Å². The van der Waals surface area contributed by atoms with E-state index in [1.165, 1.54) is 0 Å². The van der Waals surface area contributed by atoms with E-state index in [9.17, 15) is 23.1 Å². The Morgan fingerprint density at radius 2 is 1.82 bits per heavy atom. The third-order valence-corrected chi connectivity index (χ3v) is 8.40. The zero-order valence-corrected chi connectivity index (χ0v) is 22.0. The maximum atomic E-state index is 13.9. The Kier molecular flexibility index (Phi) is 7.85. The Morgan fingerprint density at radius 3 is 2.44 bits per heavy atom. The number of thiophene rings is 1. The number of morpholine rings is 1. The molecule has 9 nitrogen and oxygen atoms in total. The monoisotopic (exact) mass is 564 g/mol. The number of anilines is 3. The maximum absolute atomic E-state index is 13.9. The van der Waals surface area contributed by atoms with Crippen LogP contribution in [0.2, 0.25) is 0 Å². The van der Waals surface area contributed by atoms with Gasteiger partial charge in [0.2, 0.25) is 0 Å². The molecular formula is C26H31F3N6O3S. The zero-order valence-electron chi connectivity index (χ0n) is 21.2. The highest BCUT2D eigenvalue weighted by atomic mass is 32.1. The zero-order chi connectivity index (χ0) is 27.7. The summed E-state index contributed by atoms with van der Waals surface area (Å²) in [5.74, 6) is -0.696. The molecule has 2 aliphatic rings. The number of aliphatic hydroxyl groups is 1. The molecule has 1 unspecified atom stereocenters. The van der Waals surface area contributed by atoms with E-state index in [2.05, 4.69) is 15.2 Å². The maximum Gasteiger partial charge on any atom is 0.417 e. The Labute approximate surface area is 227 Å². The van der Waals surface area contributed by atoms with Gasteiger partial charge in [0.15, 0.2) is 0 Å². The molecule has 39 heavy (non-hydrogen) atoms. The van der Waals surface area contributed by atoms with Gasteiger partial charge < -0.3 is 36.4 Å². The van der Waals surface area contributed by atoms with Gasteiger partial charge in [-0.15, -0.1) is 11.3 Å². The van der Waals surface area contributed by atoms with E-state index < -0.39 is 23.8 Å². The molecule has 2 aliphatic heterocycles. The van der Waals surface area contributed by atoms with Crippen molar-refractivity contribution in [2.45, 2.75) is 31.2 Å². The summed E-state index contributed by atoms with van der Waals surface area (Å²) in [4.78, 5) is 20.0. The molecule has 2 fully saturated rings. The number of aliphatic hydroxyl groups excluding tert-OH is 1. The van der Waals surface area contributed by atoms with Crippen molar-refractivity contribution in [3.8, 4) is 0 Å². The molecule has 2 saturated heterocycles. The lowest BCUT2D eigenvalue weighted by Crippen LogP contribution is -2.44. The number of ether oxygens (including phenoxy) is 1. The number of nitrogens with two attached hydrogens (primary N) is 2. The molecule has 0 saturated carbocycles. The SMILES string of the molecule is NC(=O)c1sc2nc(N3CCC(NCC(O)c4ccc(N5CCOCC5)cc4)CC3)cc(C(F)(F)F)c2c1N. The van der Waals surface area contributed by atoms with Gasteiger partial charge in [0.25, 0.3) is 5.91 Å². The number of hydrogen-bond donors (Lipinski definition) is 4. The average Bonchev–Trinajstić information content (AvgIpc) is 3.28. The van der Waals surface area contributed by atoms with Crippen LogP contribution in [-0.2, 0) is 10.9 Å². The fourth-order valence-corrected chi connectivity index (χ4v) is 6.08. The Hall–Kier alpha value is -3.13. The van der Waals surface area contributed by atoms with Crippen molar-refractivity contribution >= 4 is 44.7 Å². The molecule has 1 amide bonds. The minimum atomic E-state index is -4.67. The normalized spacial score (nSPS) is 18.1. The number of benzene rings is 1. The number of nitrogens with zero attached hydrogens (tertiary/aromatic N) is 3. The molecule has 5 rings (SSSR count). The van der Waals surface area contributed by atoms with Gasteiger partial charge in [0.1, 0.15) is 15.5 Å². The van der Waals surface area contributed by atoms with Gasteiger partial charge >= 0.3 is 6.18 Å². The van der Waals surface area contributed by atoms with E-state index >= 15 is 0 Å². The summed E-state index contributed by atoms with van der Waals surface area (Å²) in [5.41, 5.74) is 11.9. The lowest BCUT2D eigenvalue weighted by atomic mass is 10.0. The van der Waals surface area contributed by atoms with Crippen LogP contribution in [0.5, 0.6) is 0 Å². The number of nitrogen functional groups attached to an aromatic ring is 1. The number of halogens is 3. The second-order valence-electron chi connectivity index (χ2n) is 9.79. The number of rotatable bonds is 7. The molecule has 1 aromatic carbocycles.